The van der Waals surface area contributed by atoms with E-state index in [0.717, 1.165) is 44.9 Å². The number of esters is 1. The highest BCUT2D eigenvalue weighted by atomic mass is 16.5. The van der Waals surface area contributed by atoms with Crippen LogP contribution in [0.4, 0.5) is 0 Å². The normalized spacial score (nSPS) is 12.6. The Labute approximate surface area is 438 Å². The number of allylic oxidation sites excluding steroid dienone is 2. The molecule has 0 saturated heterocycles. The zero-order chi connectivity index (χ0) is 50.7. The van der Waals surface area contributed by atoms with Gasteiger partial charge < -0.3 is 20.3 Å². The quantitative estimate of drug-likeness (QED) is 0.0321. The summed E-state index contributed by atoms with van der Waals surface area (Å²) in [7, 11) is 0. The van der Waals surface area contributed by atoms with Gasteiger partial charge in [0.2, 0.25) is 5.91 Å². The van der Waals surface area contributed by atoms with Gasteiger partial charge in [-0.1, -0.05) is 309 Å². The van der Waals surface area contributed by atoms with Gasteiger partial charge in [-0.05, 0) is 51.4 Å². The molecule has 6 heteroatoms. The van der Waals surface area contributed by atoms with E-state index in [2.05, 4.69) is 31.3 Å². The smallest absolute Gasteiger partial charge is 0.305 e. The lowest BCUT2D eigenvalue weighted by Crippen LogP contribution is -2.45. The summed E-state index contributed by atoms with van der Waals surface area (Å²) < 4.78 is 5.48. The third-order valence-corrected chi connectivity index (χ3v) is 15.1. The zero-order valence-corrected chi connectivity index (χ0v) is 47.5. The van der Waals surface area contributed by atoms with E-state index in [-0.39, 0.29) is 18.5 Å². The molecule has 70 heavy (non-hydrogen) atoms. The molecule has 2 atom stereocenters. The lowest BCUT2D eigenvalue weighted by Gasteiger charge is -2.22. The van der Waals surface area contributed by atoms with Crippen molar-refractivity contribution in [3.8, 4) is 0 Å². The number of hydrogen-bond acceptors (Lipinski definition) is 5. The molecule has 0 fully saturated rings. The van der Waals surface area contributed by atoms with Crippen LogP contribution >= 0.6 is 0 Å². The van der Waals surface area contributed by atoms with Gasteiger partial charge in [0.25, 0.3) is 0 Å². The minimum absolute atomic E-state index is 0.0106. The van der Waals surface area contributed by atoms with Crippen molar-refractivity contribution in [2.24, 2.45) is 0 Å². The van der Waals surface area contributed by atoms with Crippen LogP contribution in [0.15, 0.2) is 12.2 Å². The molecule has 416 valence electrons. The number of unbranched alkanes of at least 4 members (excludes halogenated alkanes) is 47. The van der Waals surface area contributed by atoms with E-state index in [9.17, 15) is 19.8 Å². The van der Waals surface area contributed by atoms with E-state index in [1.54, 1.807) is 0 Å². The van der Waals surface area contributed by atoms with Crippen LogP contribution in [-0.4, -0.2) is 47.4 Å². The number of aliphatic hydroxyl groups excluding tert-OH is 2. The molecule has 2 unspecified atom stereocenters. The SMILES string of the molecule is CCCCCC/C=C\CCCCCCCC(=O)OCCCCCCCCCCCCCCCCCCCCCCCCCCCCCCCC(=O)NC(CO)C(O)CCCCCCCCCCCCC. The molecule has 0 aromatic carbocycles. The average Bonchev–Trinajstić information content (AvgIpc) is 3.36. The number of amides is 1. The molecule has 0 saturated carbocycles. The Morgan fingerprint density at radius 3 is 1.03 bits per heavy atom. The van der Waals surface area contributed by atoms with Crippen molar-refractivity contribution in [2.75, 3.05) is 13.2 Å². The monoisotopic (exact) mass is 988 g/mol. The highest BCUT2D eigenvalue weighted by Crippen LogP contribution is 2.18. The van der Waals surface area contributed by atoms with E-state index >= 15 is 0 Å². The van der Waals surface area contributed by atoms with Crippen LogP contribution in [0.2, 0.25) is 0 Å². The van der Waals surface area contributed by atoms with Gasteiger partial charge in [0.1, 0.15) is 0 Å². The number of carbonyl (C=O) groups is 2. The first kappa shape index (κ1) is 68.6. The maximum atomic E-state index is 12.4. The van der Waals surface area contributed by atoms with Crippen LogP contribution < -0.4 is 5.32 Å². The van der Waals surface area contributed by atoms with Crippen LogP contribution in [0.5, 0.6) is 0 Å². The average molecular weight is 989 g/mol. The molecule has 3 N–H and O–H groups in total. The van der Waals surface area contributed by atoms with Crippen molar-refractivity contribution in [3.05, 3.63) is 12.2 Å². The Morgan fingerprint density at radius 1 is 0.386 bits per heavy atom. The maximum Gasteiger partial charge on any atom is 0.305 e. The first-order valence-corrected chi connectivity index (χ1v) is 31.9. The Bertz CT molecular complexity index is 1050. The van der Waals surface area contributed by atoms with Crippen LogP contribution in [0.3, 0.4) is 0 Å². The molecule has 0 aromatic heterocycles. The molecule has 0 aliphatic heterocycles. The summed E-state index contributed by atoms with van der Waals surface area (Å²) in [6.45, 7) is 4.95. The number of aliphatic hydroxyl groups is 2. The summed E-state index contributed by atoms with van der Waals surface area (Å²) >= 11 is 0. The number of carbonyl (C=O) groups excluding carboxylic acids is 2. The zero-order valence-electron chi connectivity index (χ0n) is 47.5. The molecular weight excluding hydrogens is 863 g/mol. The molecule has 0 aromatic rings. The highest BCUT2D eigenvalue weighted by molar-refractivity contribution is 5.76. The Balaban J connectivity index is 3.31. The minimum Gasteiger partial charge on any atom is -0.466 e. The van der Waals surface area contributed by atoms with Crippen LogP contribution in [0.25, 0.3) is 0 Å². The van der Waals surface area contributed by atoms with E-state index < -0.39 is 12.1 Å². The number of rotatable bonds is 60. The summed E-state index contributed by atoms with van der Waals surface area (Å²) in [6, 6.07) is -0.536. The van der Waals surface area contributed by atoms with Gasteiger partial charge in [0.05, 0.1) is 25.4 Å². The molecule has 0 spiro atoms. The van der Waals surface area contributed by atoms with Gasteiger partial charge in [0.15, 0.2) is 0 Å². The Morgan fingerprint density at radius 2 is 0.671 bits per heavy atom. The van der Waals surface area contributed by atoms with E-state index in [1.807, 2.05) is 0 Å². The summed E-state index contributed by atoms with van der Waals surface area (Å²) in [4.78, 5) is 24.5. The standard InChI is InChI=1S/C64H125NO5/c1-3-5-7-9-11-13-15-33-38-42-46-50-54-58-64(69)70-59-55-51-47-43-39-35-32-30-28-26-24-22-20-18-16-17-19-21-23-25-27-29-31-34-37-41-45-49-53-57-63(68)65-61(60-66)62(67)56-52-48-44-40-36-14-12-10-8-6-4-2/h13,15,61-62,66-67H,3-12,14,16-60H2,1-2H3,(H,65,68)/b15-13-. The van der Waals surface area contributed by atoms with Crippen molar-refractivity contribution in [3.63, 3.8) is 0 Å². The summed E-state index contributed by atoms with van der Waals surface area (Å²) in [6.07, 6.45) is 72.4. The number of ether oxygens (including phenoxy) is 1. The topological polar surface area (TPSA) is 95.9 Å². The molecule has 1 amide bonds. The van der Waals surface area contributed by atoms with E-state index in [4.69, 9.17) is 4.74 Å². The number of hydrogen-bond donors (Lipinski definition) is 3. The number of nitrogens with one attached hydrogen (secondary N) is 1. The Kier molecular flexibility index (Phi) is 59.0. The second-order valence-corrected chi connectivity index (χ2v) is 22.1. The molecule has 0 bridgehead atoms. The third kappa shape index (κ3) is 55.9. The molecule has 0 rings (SSSR count). The molecule has 6 nitrogen and oxygen atoms in total. The van der Waals surface area contributed by atoms with Gasteiger partial charge in [0, 0.05) is 12.8 Å². The summed E-state index contributed by atoms with van der Waals surface area (Å²) in [5.74, 6) is -0.0201. The molecule has 0 aliphatic carbocycles. The molecule has 0 aliphatic rings. The molecular formula is C64H125NO5. The van der Waals surface area contributed by atoms with Crippen molar-refractivity contribution < 1.29 is 24.5 Å². The van der Waals surface area contributed by atoms with Crippen LogP contribution in [0.1, 0.15) is 361 Å². The molecule has 0 radical (unpaired) electrons. The van der Waals surface area contributed by atoms with E-state index in [1.165, 1.54) is 283 Å². The van der Waals surface area contributed by atoms with Crippen LogP contribution in [-0.2, 0) is 14.3 Å². The lowest BCUT2D eigenvalue weighted by atomic mass is 10.0. The fraction of sp³-hybridized carbons (Fsp3) is 0.938. The predicted octanol–water partition coefficient (Wildman–Crippen LogP) is 20.0. The van der Waals surface area contributed by atoms with Gasteiger partial charge in [-0.3, -0.25) is 9.59 Å². The van der Waals surface area contributed by atoms with Gasteiger partial charge in [-0.2, -0.15) is 0 Å². The fourth-order valence-electron chi connectivity index (χ4n) is 10.2. The van der Waals surface area contributed by atoms with Crippen molar-refractivity contribution in [2.45, 2.75) is 373 Å². The van der Waals surface area contributed by atoms with Crippen LogP contribution in [0, 0.1) is 0 Å². The summed E-state index contributed by atoms with van der Waals surface area (Å²) in [5.41, 5.74) is 0. The first-order valence-electron chi connectivity index (χ1n) is 31.9. The van der Waals surface area contributed by atoms with Crippen molar-refractivity contribution >= 4 is 11.9 Å². The molecule has 0 heterocycles. The second kappa shape index (κ2) is 60.2. The maximum absolute atomic E-state index is 12.4. The van der Waals surface area contributed by atoms with E-state index in [0.29, 0.717) is 25.9 Å². The largest absolute Gasteiger partial charge is 0.466 e. The highest BCUT2D eigenvalue weighted by Gasteiger charge is 2.20. The minimum atomic E-state index is -0.659. The fourth-order valence-corrected chi connectivity index (χ4v) is 10.2. The second-order valence-electron chi connectivity index (χ2n) is 22.1. The third-order valence-electron chi connectivity index (χ3n) is 15.1. The van der Waals surface area contributed by atoms with Crippen molar-refractivity contribution in [1.82, 2.24) is 5.32 Å². The first-order chi connectivity index (χ1) is 34.5. The lowest BCUT2D eigenvalue weighted by molar-refractivity contribution is -0.143. The van der Waals surface area contributed by atoms with Gasteiger partial charge in [-0.15, -0.1) is 0 Å². The Hall–Kier alpha value is -1.40. The van der Waals surface area contributed by atoms with Crippen molar-refractivity contribution in [1.29, 1.82) is 0 Å². The van der Waals surface area contributed by atoms with Gasteiger partial charge >= 0.3 is 5.97 Å². The van der Waals surface area contributed by atoms with Gasteiger partial charge in [-0.25, -0.2) is 0 Å². The summed E-state index contributed by atoms with van der Waals surface area (Å²) in [5, 5.41) is 23.2. The predicted molar refractivity (Wildman–Crippen MR) is 306 cm³/mol.